The van der Waals surface area contributed by atoms with Crippen LogP contribution in [-0.2, 0) is 14.3 Å². The lowest BCUT2D eigenvalue weighted by atomic mass is 10.0. The molecule has 2 atom stereocenters. The fourth-order valence-corrected chi connectivity index (χ4v) is 1.56. The van der Waals surface area contributed by atoms with Gasteiger partial charge in [-0.2, -0.15) is 0 Å². The molecular formula is C11H22N2O3. The molecule has 2 unspecified atom stereocenters. The summed E-state index contributed by atoms with van der Waals surface area (Å²) in [5, 5.41) is 2.85. The number of hydrogen-bond acceptors (Lipinski definition) is 4. The molecule has 16 heavy (non-hydrogen) atoms. The van der Waals surface area contributed by atoms with Crippen LogP contribution in [0.15, 0.2) is 0 Å². The Balaban J connectivity index is 4.81. The maximum Gasteiger partial charge on any atom is 0.328 e. The maximum atomic E-state index is 11.9. The fourth-order valence-electron chi connectivity index (χ4n) is 1.56. The van der Waals surface area contributed by atoms with E-state index < -0.39 is 6.04 Å². The molecular weight excluding hydrogens is 208 g/mol. The average molecular weight is 230 g/mol. The molecule has 94 valence electrons. The zero-order valence-electron chi connectivity index (χ0n) is 10.9. The third kappa shape index (κ3) is 3.48. The zero-order valence-corrected chi connectivity index (χ0v) is 10.9. The second-order valence-electron chi connectivity index (χ2n) is 4.17. The number of amides is 1. The van der Waals surface area contributed by atoms with Crippen molar-refractivity contribution in [3.63, 3.8) is 0 Å². The smallest absolute Gasteiger partial charge is 0.328 e. The van der Waals surface area contributed by atoms with E-state index in [0.717, 1.165) is 0 Å². The summed E-state index contributed by atoms with van der Waals surface area (Å²) in [5.41, 5.74) is 0. The van der Waals surface area contributed by atoms with Gasteiger partial charge in [-0.1, -0.05) is 13.8 Å². The number of likely N-dealkylation sites (N-methyl/N-ethyl adjacent to an activating group) is 2. The topological polar surface area (TPSA) is 58.6 Å². The van der Waals surface area contributed by atoms with E-state index in [2.05, 4.69) is 5.32 Å². The summed E-state index contributed by atoms with van der Waals surface area (Å²) >= 11 is 0. The Hall–Kier alpha value is -1.10. The van der Waals surface area contributed by atoms with Crippen LogP contribution < -0.4 is 5.32 Å². The van der Waals surface area contributed by atoms with Crippen molar-refractivity contribution in [1.82, 2.24) is 10.2 Å². The molecule has 0 radical (unpaired) electrons. The first-order valence-corrected chi connectivity index (χ1v) is 5.38. The van der Waals surface area contributed by atoms with E-state index in [0.29, 0.717) is 0 Å². The van der Waals surface area contributed by atoms with Gasteiger partial charge in [0.2, 0.25) is 5.91 Å². The highest BCUT2D eigenvalue weighted by Crippen LogP contribution is 2.12. The molecule has 0 fully saturated rings. The van der Waals surface area contributed by atoms with Crippen molar-refractivity contribution < 1.29 is 14.3 Å². The van der Waals surface area contributed by atoms with Crippen molar-refractivity contribution in [2.24, 2.45) is 5.92 Å². The third-order valence-corrected chi connectivity index (χ3v) is 2.64. The van der Waals surface area contributed by atoms with Gasteiger partial charge < -0.3 is 15.0 Å². The van der Waals surface area contributed by atoms with Crippen LogP contribution in [0, 0.1) is 5.92 Å². The summed E-state index contributed by atoms with van der Waals surface area (Å²) < 4.78 is 4.71. The van der Waals surface area contributed by atoms with E-state index in [1.807, 2.05) is 13.8 Å². The summed E-state index contributed by atoms with van der Waals surface area (Å²) in [4.78, 5) is 24.9. The standard InChI is InChI=1S/C11H22N2O3/c1-7(2)9(11(15)16-6)13(5)10(14)8(3)12-4/h7-9,12H,1-6H3. The molecule has 0 saturated heterocycles. The molecule has 0 aliphatic heterocycles. The van der Waals surface area contributed by atoms with Gasteiger partial charge in [-0.05, 0) is 19.9 Å². The number of esters is 1. The lowest BCUT2D eigenvalue weighted by Gasteiger charge is -2.30. The van der Waals surface area contributed by atoms with Crippen LogP contribution in [0.2, 0.25) is 0 Å². The van der Waals surface area contributed by atoms with Gasteiger partial charge in [-0.3, -0.25) is 4.79 Å². The van der Waals surface area contributed by atoms with Crippen molar-refractivity contribution in [2.45, 2.75) is 32.9 Å². The number of carbonyl (C=O) groups excluding carboxylic acids is 2. The maximum absolute atomic E-state index is 11.9. The molecule has 0 rings (SSSR count). The van der Waals surface area contributed by atoms with Gasteiger partial charge in [0, 0.05) is 7.05 Å². The second kappa shape index (κ2) is 6.48. The summed E-state index contributed by atoms with van der Waals surface area (Å²) in [6.45, 7) is 5.53. The van der Waals surface area contributed by atoms with Crippen LogP contribution in [0.4, 0.5) is 0 Å². The Morgan fingerprint density at radius 3 is 2.06 bits per heavy atom. The van der Waals surface area contributed by atoms with Crippen LogP contribution in [0.1, 0.15) is 20.8 Å². The van der Waals surface area contributed by atoms with E-state index >= 15 is 0 Å². The van der Waals surface area contributed by atoms with Gasteiger partial charge >= 0.3 is 5.97 Å². The van der Waals surface area contributed by atoms with Crippen molar-refractivity contribution in [2.75, 3.05) is 21.2 Å². The quantitative estimate of drug-likeness (QED) is 0.688. The number of nitrogens with one attached hydrogen (secondary N) is 1. The minimum Gasteiger partial charge on any atom is -0.467 e. The van der Waals surface area contributed by atoms with Crippen LogP contribution in [0.3, 0.4) is 0 Å². The van der Waals surface area contributed by atoms with Crippen LogP contribution in [0.5, 0.6) is 0 Å². The Labute approximate surface area is 97.1 Å². The number of rotatable bonds is 5. The van der Waals surface area contributed by atoms with E-state index in [-0.39, 0.29) is 23.8 Å². The van der Waals surface area contributed by atoms with Crippen LogP contribution in [-0.4, -0.2) is 50.1 Å². The first-order valence-electron chi connectivity index (χ1n) is 5.38. The molecule has 0 heterocycles. The number of hydrogen-bond donors (Lipinski definition) is 1. The van der Waals surface area contributed by atoms with E-state index in [1.165, 1.54) is 12.0 Å². The predicted molar refractivity (Wildman–Crippen MR) is 61.9 cm³/mol. The van der Waals surface area contributed by atoms with Crippen molar-refractivity contribution in [3.05, 3.63) is 0 Å². The SMILES string of the molecule is CNC(C)C(=O)N(C)C(C(=O)OC)C(C)C. The Kier molecular flexibility index (Phi) is 6.03. The van der Waals surface area contributed by atoms with Gasteiger partial charge in [0.1, 0.15) is 6.04 Å². The van der Waals surface area contributed by atoms with Crippen LogP contribution in [0.25, 0.3) is 0 Å². The van der Waals surface area contributed by atoms with Crippen LogP contribution >= 0.6 is 0 Å². The lowest BCUT2D eigenvalue weighted by molar-refractivity contribution is -0.154. The fraction of sp³-hybridized carbons (Fsp3) is 0.818. The number of nitrogens with zero attached hydrogens (tertiary/aromatic N) is 1. The normalized spacial score (nSPS) is 14.4. The Morgan fingerprint density at radius 1 is 1.25 bits per heavy atom. The predicted octanol–water partition coefficient (Wildman–Crippen LogP) is 0.250. The molecule has 0 spiro atoms. The van der Waals surface area contributed by atoms with Gasteiger partial charge in [0.05, 0.1) is 13.2 Å². The molecule has 0 saturated carbocycles. The van der Waals surface area contributed by atoms with Crippen molar-refractivity contribution >= 4 is 11.9 Å². The molecule has 1 N–H and O–H groups in total. The summed E-state index contributed by atoms with van der Waals surface area (Å²) in [7, 11) is 4.66. The first-order chi connectivity index (χ1) is 7.36. The van der Waals surface area contributed by atoms with E-state index in [1.54, 1.807) is 21.0 Å². The van der Waals surface area contributed by atoms with Gasteiger partial charge in [0.15, 0.2) is 0 Å². The van der Waals surface area contributed by atoms with Gasteiger partial charge in [0.25, 0.3) is 0 Å². The average Bonchev–Trinajstić information content (AvgIpc) is 2.26. The highest BCUT2D eigenvalue weighted by molar-refractivity contribution is 5.87. The molecule has 0 bridgehead atoms. The highest BCUT2D eigenvalue weighted by atomic mass is 16.5. The largest absolute Gasteiger partial charge is 0.467 e. The molecule has 0 aromatic rings. The molecule has 0 aromatic heterocycles. The Morgan fingerprint density at radius 2 is 1.75 bits per heavy atom. The van der Waals surface area contributed by atoms with Crippen molar-refractivity contribution in [3.8, 4) is 0 Å². The minimum atomic E-state index is -0.534. The number of ether oxygens (including phenoxy) is 1. The first kappa shape index (κ1) is 14.9. The zero-order chi connectivity index (χ0) is 12.9. The second-order valence-corrected chi connectivity index (χ2v) is 4.17. The van der Waals surface area contributed by atoms with Gasteiger partial charge in [-0.25, -0.2) is 4.79 Å². The molecule has 5 nitrogen and oxygen atoms in total. The molecule has 0 aliphatic rings. The molecule has 0 aromatic carbocycles. The summed E-state index contributed by atoms with van der Waals surface area (Å²) in [6.07, 6.45) is 0. The number of methoxy groups -OCH3 is 1. The highest BCUT2D eigenvalue weighted by Gasteiger charge is 2.32. The Bertz CT molecular complexity index is 254. The number of carbonyl (C=O) groups is 2. The molecule has 1 amide bonds. The molecule has 5 heteroatoms. The minimum absolute atomic E-state index is 0.0189. The van der Waals surface area contributed by atoms with E-state index in [9.17, 15) is 9.59 Å². The van der Waals surface area contributed by atoms with Crippen molar-refractivity contribution in [1.29, 1.82) is 0 Å². The van der Waals surface area contributed by atoms with E-state index in [4.69, 9.17) is 4.74 Å². The summed E-state index contributed by atoms with van der Waals surface area (Å²) in [5.74, 6) is -0.480. The monoisotopic (exact) mass is 230 g/mol. The third-order valence-electron chi connectivity index (χ3n) is 2.64. The van der Waals surface area contributed by atoms with Gasteiger partial charge in [-0.15, -0.1) is 0 Å². The summed E-state index contributed by atoms with van der Waals surface area (Å²) in [6, 6.07) is -0.843. The lowest BCUT2D eigenvalue weighted by Crippen LogP contribution is -2.51. The molecule has 0 aliphatic carbocycles.